The van der Waals surface area contributed by atoms with Gasteiger partial charge in [0.25, 0.3) is 0 Å². The summed E-state index contributed by atoms with van der Waals surface area (Å²) in [5, 5.41) is 1.09. The number of allylic oxidation sites excluding steroid dienone is 1. The highest BCUT2D eigenvalue weighted by molar-refractivity contribution is 7.19. The molecule has 1 aromatic carbocycles. The Labute approximate surface area is 190 Å². The van der Waals surface area contributed by atoms with Gasteiger partial charge < -0.3 is 8.98 Å². The zero-order valence-corrected chi connectivity index (χ0v) is 18.3. The molecule has 0 saturated carbocycles. The number of halogens is 2. The molecule has 5 rings (SSSR count). The van der Waals surface area contributed by atoms with Gasteiger partial charge in [0.15, 0.2) is 17.1 Å². The van der Waals surface area contributed by atoms with Crippen LogP contribution in [0.4, 0.5) is 0 Å². The Morgan fingerprint density at radius 3 is 2.81 bits per heavy atom. The Kier molecular flexibility index (Phi) is 5.02. The van der Waals surface area contributed by atoms with Crippen molar-refractivity contribution in [1.29, 1.82) is 0 Å². The third-order valence-corrected chi connectivity index (χ3v) is 6.50. The lowest BCUT2D eigenvalue weighted by Gasteiger charge is -2.08. The standard InChI is InChI=1S/C22H14Cl2N4O2S/c1-2-8-28-9-7-26-21(28)19-15(13-4-3-12(23)10-16(13)24)11-17(31-19)14-5-6-25-20-18(14)30-22(29)27-20/h2-7,9-11H,1,8H2,(H,25,27,29). The van der Waals surface area contributed by atoms with Crippen LogP contribution in [-0.4, -0.2) is 19.5 Å². The Hall–Kier alpha value is -3.13. The second kappa shape index (κ2) is 7.85. The fraction of sp³-hybridized carbons (Fsp3) is 0.0455. The molecule has 0 amide bonds. The summed E-state index contributed by atoms with van der Waals surface area (Å²) in [7, 11) is 0. The lowest BCUT2D eigenvalue weighted by Crippen LogP contribution is -1.96. The van der Waals surface area contributed by atoms with Gasteiger partial charge in [-0.05, 0) is 24.3 Å². The van der Waals surface area contributed by atoms with Crippen molar-refractivity contribution in [3.05, 3.63) is 82.2 Å². The zero-order valence-electron chi connectivity index (χ0n) is 15.9. The van der Waals surface area contributed by atoms with Crippen molar-refractivity contribution in [2.45, 2.75) is 6.54 Å². The molecule has 0 unspecified atom stereocenters. The number of nitrogens with zero attached hydrogens (tertiary/aromatic N) is 3. The predicted octanol–water partition coefficient (Wildman–Crippen LogP) is 6.27. The number of hydrogen-bond donors (Lipinski definition) is 1. The van der Waals surface area contributed by atoms with Crippen molar-refractivity contribution in [1.82, 2.24) is 19.5 Å². The van der Waals surface area contributed by atoms with Crippen LogP contribution in [0.1, 0.15) is 0 Å². The van der Waals surface area contributed by atoms with E-state index in [0.29, 0.717) is 27.8 Å². The lowest BCUT2D eigenvalue weighted by atomic mass is 10.0. The van der Waals surface area contributed by atoms with Crippen molar-refractivity contribution in [2.24, 2.45) is 0 Å². The number of rotatable bonds is 5. The Bertz CT molecular complexity index is 1490. The van der Waals surface area contributed by atoms with Crippen LogP contribution >= 0.6 is 34.5 Å². The van der Waals surface area contributed by atoms with Gasteiger partial charge in [-0.2, -0.15) is 0 Å². The average Bonchev–Trinajstić information content (AvgIpc) is 3.45. The third-order valence-electron chi connectivity index (χ3n) is 4.78. The second-order valence-electron chi connectivity index (χ2n) is 6.72. The summed E-state index contributed by atoms with van der Waals surface area (Å²) < 4.78 is 7.36. The second-order valence-corrected chi connectivity index (χ2v) is 8.62. The highest BCUT2D eigenvalue weighted by Gasteiger charge is 2.21. The number of nitrogens with one attached hydrogen (secondary N) is 1. The first-order valence-corrected chi connectivity index (χ1v) is 10.8. The van der Waals surface area contributed by atoms with E-state index in [4.69, 9.17) is 27.6 Å². The molecule has 6 nitrogen and oxygen atoms in total. The Morgan fingerprint density at radius 2 is 2.00 bits per heavy atom. The Morgan fingerprint density at radius 1 is 1.13 bits per heavy atom. The van der Waals surface area contributed by atoms with Crippen molar-refractivity contribution >= 4 is 45.8 Å². The van der Waals surface area contributed by atoms with Crippen LogP contribution < -0.4 is 5.76 Å². The van der Waals surface area contributed by atoms with Gasteiger partial charge in [0.1, 0.15) is 0 Å². The maximum Gasteiger partial charge on any atom is 0.418 e. The molecular formula is C22H14Cl2N4O2S. The van der Waals surface area contributed by atoms with E-state index in [1.165, 1.54) is 11.3 Å². The molecule has 0 bridgehead atoms. The van der Waals surface area contributed by atoms with Gasteiger partial charge in [0.2, 0.25) is 0 Å². The van der Waals surface area contributed by atoms with E-state index in [-0.39, 0.29) is 0 Å². The molecule has 1 N–H and O–H groups in total. The number of aromatic amines is 1. The van der Waals surface area contributed by atoms with E-state index >= 15 is 0 Å². The maximum atomic E-state index is 11.7. The van der Waals surface area contributed by atoms with E-state index in [1.807, 2.05) is 35.0 Å². The third kappa shape index (κ3) is 3.50. The van der Waals surface area contributed by atoms with Crippen LogP contribution in [0.2, 0.25) is 10.0 Å². The molecule has 5 aromatic rings. The smallest absolute Gasteiger partial charge is 0.405 e. The van der Waals surface area contributed by atoms with Crippen molar-refractivity contribution in [3.63, 3.8) is 0 Å². The summed E-state index contributed by atoms with van der Waals surface area (Å²) in [6.45, 7) is 4.44. The molecule has 4 aromatic heterocycles. The summed E-state index contributed by atoms with van der Waals surface area (Å²) in [6.07, 6.45) is 7.10. The van der Waals surface area contributed by atoms with E-state index in [1.54, 1.807) is 24.5 Å². The highest BCUT2D eigenvalue weighted by Crippen LogP contribution is 2.46. The summed E-state index contributed by atoms with van der Waals surface area (Å²) in [4.78, 5) is 24.9. The van der Waals surface area contributed by atoms with Gasteiger partial charge in [-0.3, -0.25) is 4.98 Å². The lowest BCUT2D eigenvalue weighted by molar-refractivity contribution is 0.556. The minimum atomic E-state index is -0.547. The molecule has 0 fully saturated rings. The fourth-order valence-electron chi connectivity index (χ4n) is 3.45. The highest BCUT2D eigenvalue weighted by atomic mass is 35.5. The zero-order chi connectivity index (χ0) is 21.5. The SMILES string of the molecule is C=CCn1ccnc1-c1sc(-c2ccnc3[nH]c(=O)oc23)cc1-c1ccc(Cl)cc1Cl. The first kappa shape index (κ1) is 19.8. The summed E-state index contributed by atoms with van der Waals surface area (Å²) in [6, 6.07) is 9.24. The number of hydrogen-bond acceptors (Lipinski definition) is 5. The van der Waals surface area contributed by atoms with Crippen molar-refractivity contribution in [3.8, 4) is 32.3 Å². The van der Waals surface area contributed by atoms with Crippen LogP contribution in [0, 0.1) is 0 Å². The number of oxazole rings is 1. The van der Waals surface area contributed by atoms with E-state index in [0.717, 1.165) is 32.3 Å². The molecule has 154 valence electrons. The number of imidazole rings is 1. The van der Waals surface area contributed by atoms with Crippen LogP contribution in [0.5, 0.6) is 0 Å². The van der Waals surface area contributed by atoms with Gasteiger partial charge in [0.05, 0.1) is 4.88 Å². The predicted molar refractivity (Wildman–Crippen MR) is 125 cm³/mol. The monoisotopic (exact) mass is 468 g/mol. The molecule has 0 spiro atoms. The van der Waals surface area contributed by atoms with Gasteiger partial charge >= 0.3 is 5.76 Å². The number of thiophene rings is 1. The first-order valence-electron chi connectivity index (χ1n) is 9.25. The van der Waals surface area contributed by atoms with Crippen LogP contribution in [0.3, 0.4) is 0 Å². The van der Waals surface area contributed by atoms with Crippen LogP contribution in [0.15, 0.2) is 70.8 Å². The van der Waals surface area contributed by atoms with Gasteiger partial charge in [-0.1, -0.05) is 35.3 Å². The molecule has 0 radical (unpaired) electrons. The number of pyridine rings is 1. The number of H-pyrrole nitrogens is 1. The average molecular weight is 469 g/mol. The molecule has 0 aliphatic heterocycles. The first-order chi connectivity index (χ1) is 15.0. The Balaban J connectivity index is 1.78. The van der Waals surface area contributed by atoms with Crippen molar-refractivity contribution < 1.29 is 4.42 Å². The van der Waals surface area contributed by atoms with Crippen LogP contribution in [-0.2, 0) is 6.54 Å². The van der Waals surface area contributed by atoms with E-state index in [9.17, 15) is 4.79 Å². The van der Waals surface area contributed by atoms with Crippen LogP contribution in [0.25, 0.3) is 43.5 Å². The minimum absolute atomic E-state index is 0.400. The summed E-state index contributed by atoms with van der Waals surface area (Å²) in [5.74, 6) is 0.243. The minimum Gasteiger partial charge on any atom is -0.405 e. The van der Waals surface area contributed by atoms with Gasteiger partial charge in [-0.15, -0.1) is 17.9 Å². The van der Waals surface area contributed by atoms with E-state index < -0.39 is 5.76 Å². The molecule has 4 heterocycles. The summed E-state index contributed by atoms with van der Waals surface area (Å²) in [5.41, 5.74) is 3.30. The number of benzene rings is 1. The van der Waals surface area contributed by atoms with Crippen molar-refractivity contribution in [2.75, 3.05) is 0 Å². The molecule has 0 aliphatic rings. The van der Waals surface area contributed by atoms with E-state index in [2.05, 4.69) is 21.5 Å². The van der Waals surface area contributed by atoms with Gasteiger partial charge in [-0.25, -0.2) is 14.8 Å². The fourth-order valence-corrected chi connectivity index (χ4v) is 5.17. The molecule has 0 saturated heterocycles. The van der Waals surface area contributed by atoms with Gasteiger partial charge in [0, 0.05) is 56.7 Å². The molecule has 0 atom stereocenters. The number of fused-ring (bicyclic) bond motifs is 1. The molecular weight excluding hydrogens is 455 g/mol. The normalized spacial score (nSPS) is 11.3. The maximum absolute atomic E-state index is 11.7. The number of aromatic nitrogens is 4. The molecule has 31 heavy (non-hydrogen) atoms. The quantitative estimate of drug-likeness (QED) is 0.308. The topological polar surface area (TPSA) is 76.7 Å². The molecule has 9 heteroatoms. The summed E-state index contributed by atoms with van der Waals surface area (Å²) >= 11 is 14.2. The molecule has 0 aliphatic carbocycles. The largest absolute Gasteiger partial charge is 0.418 e.